The van der Waals surface area contributed by atoms with Gasteiger partial charge in [0.15, 0.2) is 0 Å². The molecular weight excluding hydrogens is 567 g/mol. The van der Waals surface area contributed by atoms with Gasteiger partial charge < -0.3 is 19.7 Å². The second kappa shape index (κ2) is 12.3. The molecule has 0 spiro atoms. The quantitative estimate of drug-likeness (QED) is 0.320. The molecule has 0 bridgehead atoms. The number of aromatic nitrogens is 3. The van der Waals surface area contributed by atoms with E-state index in [2.05, 4.69) is 25.2 Å². The van der Waals surface area contributed by atoms with Crippen molar-refractivity contribution in [1.29, 1.82) is 0 Å². The van der Waals surface area contributed by atoms with E-state index in [1.54, 1.807) is 37.4 Å². The van der Waals surface area contributed by atoms with E-state index >= 15 is 0 Å². The fourth-order valence-electron chi connectivity index (χ4n) is 4.82. The summed E-state index contributed by atoms with van der Waals surface area (Å²) < 4.78 is 10.8. The summed E-state index contributed by atoms with van der Waals surface area (Å²) in [5.41, 5.74) is 3.17. The number of carbonyl (C=O) groups excluding carboxylic acids is 2. The number of piperazine rings is 1. The molecule has 0 saturated carbocycles. The second-order valence-corrected chi connectivity index (χ2v) is 10.2. The van der Waals surface area contributed by atoms with Gasteiger partial charge in [-0.3, -0.25) is 24.5 Å². The van der Waals surface area contributed by atoms with E-state index in [-0.39, 0.29) is 21.9 Å². The minimum Gasteiger partial charge on any atom is -0.495 e. The molecular formula is C29H28Cl2N6O4. The minimum absolute atomic E-state index is 0.105. The molecule has 0 unspecified atom stereocenters. The van der Waals surface area contributed by atoms with Gasteiger partial charge in [0.2, 0.25) is 5.91 Å². The average molecular weight is 595 g/mol. The van der Waals surface area contributed by atoms with Gasteiger partial charge in [-0.2, -0.15) is 0 Å². The van der Waals surface area contributed by atoms with Gasteiger partial charge in [-0.15, -0.1) is 0 Å². The summed E-state index contributed by atoms with van der Waals surface area (Å²) in [5.74, 6) is 0.894. The van der Waals surface area contributed by atoms with Crippen molar-refractivity contribution in [3.63, 3.8) is 0 Å². The molecule has 0 aliphatic carbocycles. The van der Waals surface area contributed by atoms with Gasteiger partial charge in [0.05, 0.1) is 35.3 Å². The number of nitrogens with one attached hydrogen (secondary N) is 1. The lowest BCUT2D eigenvalue weighted by Gasteiger charge is -2.34. The number of methoxy groups -OCH3 is 2. The number of halogens is 2. The molecule has 1 aliphatic rings. The Kier molecular flexibility index (Phi) is 8.53. The van der Waals surface area contributed by atoms with E-state index in [1.165, 1.54) is 26.6 Å². The Morgan fingerprint density at radius 3 is 2.15 bits per heavy atom. The predicted molar refractivity (Wildman–Crippen MR) is 158 cm³/mol. The van der Waals surface area contributed by atoms with E-state index in [0.717, 1.165) is 38.3 Å². The SMILES string of the molecule is COc1cc(OC)c(Cl)c(-c2ccc(C(=O)Nc3ccc(CN4CCN(C(C)=O)CC4)cn3)c3nccnc23)c1Cl. The maximum atomic E-state index is 13.3. The number of carbonyl (C=O) groups is 2. The van der Waals surface area contributed by atoms with E-state index in [0.29, 0.717) is 45.0 Å². The summed E-state index contributed by atoms with van der Waals surface area (Å²) in [5, 5.41) is 3.42. The van der Waals surface area contributed by atoms with Crippen molar-refractivity contribution in [1.82, 2.24) is 24.8 Å². The van der Waals surface area contributed by atoms with Gasteiger partial charge in [-0.25, -0.2) is 4.98 Å². The lowest BCUT2D eigenvalue weighted by Crippen LogP contribution is -2.47. The van der Waals surface area contributed by atoms with Crippen LogP contribution in [0.15, 0.2) is 48.9 Å². The fourth-order valence-corrected chi connectivity index (χ4v) is 5.52. The Morgan fingerprint density at radius 1 is 0.902 bits per heavy atom. The molecule has 12 heteroatoms. The zero-order chi connectivity index (χ0) is 29.1. The van der Waals surface area contributed by atoms with Crippen LogP contribution in [0.2, 0.25) is 10.0 Å². The first-order valence-corrected chi connectivity index (χ1v) is 13.6. The van der Waals surface area contributed by atoms with Crippen molar-refractivity contribution >= 4 is 51.9 Å². The largest absolute Gasteiger partial charge is 0.495 e. The summed E-state index contributed by atoms with van der Waals surface area (Å²) in [6, 6.07) is 8.68. The topological polar surface area (TPSA) is 110 Å². The van der Waals surface area contributed by atoms with E-state index in [1.807, 2.05) is 11.0 Å². The molecule has 0 atom stereocenters. The highest BCUT2D eigenvalue weighted by atomic mass is 35.5. The molecule has 1 N–H and O–H groups in total. The highest BCUT2D eigenvalue weighted by Gasteiger charge is 2.23. The number of pyridine rings is 1. The lowest BCUT2D eigenvalue weighted by atomic mass is 9.99. The number of anilines is 1. The van der Waals surface area contributed by atoms with Gasteiger partial charge in [0.25, 0.3) is 5.91 Å². The molecule has 5 rings (SSSR count). The third-order valence-corrected chi connectivity index (χ3v) is 7.75. The van der Waals surface area contributed by atoms with Gasteiger partial charge in [0.1, 0.15) is 22.8 Å². The zero-order valence-corrected chi connectivity index (χ0v) is 24.3. The van der Waals surface area contributed by atoms with Crippen molar-refractivity contribution in [2.75, 3.05) is 45.7 Å². The maximum Gasteiger partial charge on any atom is 0.259 e. The van der Waals surface area contributed by atoms with Crippen LogP contribution in [0.25, 0.3) is 22.2 Å². The fraction of sp³-hybridized carbons (Fsp3) is 0.276. The van der Waals surface area contributed by atoms with E-state index in [9.17, 15) is 9.59 Å². The van der Waals surface area contributed by atoms with Gasteiger partial charge >= 0.3 is 0 Å². The highest BCUT2D eigenvalue weighted by molar-refractivity contribution is 6.41. The number of hydrogen-bond donors (Lipinski definition) is 1. The maximum absolute atomic E-state index is 13.3. The number of benzene rings is 2. The molecule has 2 amide bonds. The van der Waals surface area contributed by atoms with Crippen molar-refractivity contribution in [3.05, 3.63) is 70.1 Å². The van der Waals surface area contributed by atoms with Gasteiger partial charge in [-0.1, -0.05) is 35.3 Å². The standard InChI is InChI=1S/C29H28Cl2N6O4/c1-17(38)37-12-10-36(11-13-37)16-18-4-7-23(34-15-18)35-29(39)20-6-5-19(27-28(20)33-9-8-32-27)24-25(30)21(40-2)14-22(41-3)26(24)31/h4-9,14-15H,10-13,16H2,1-3H3,(H,34,35,39). The summed E-state index contributed by atoms with van der Waals surface area (Å²) in [4.78, 5) is 42.4. The van der Waals surface area contributed by atoms with Crippen molar-refractivity contribution in [3.8, 4) is 22.6 Å². The Balaban J connectivity index is 1.37. The van der Waals surface area contributed by atoms with Crippen LogP contribution in [-0.4, -0.2) is 77.0 Å². The molecule has 10 nitrogen and oxygen atoms in total. The van der Waals surface area contributed by atoms with Crippen LogP contribution in [-0.2, 0) is 11.3 Å². The Morgan fingerprint density at radius 2 is 1.56 bits per heavy atom. The molecule has 0 radical (unpaired) electrons. The molecule has 4 aromatic rings. The normalized spacial score (nSPS) is 13.7. The number of rotatable bonds is 7. The first-order valence-electron chi connectivity index (χ1n) is 12.9. The Hall–Kier alpha value is -3.99. The van der Waals surface area contributed by atoms with Crippen molar-refractivity contribution in [2.45, 2.75) is 13.5 Å². The van der Waals surface area contributed by atoms with Gasteiger partial charge in [-0.05, 0) is 17.7 Å². The van der Waals surface area contributed by atoms with Crippen LogP contribution in [0.5, 0.6) is 11.5 Å². The molecule has 1 aliphatic heterocycles. The smallest absolute Gasteiger partial charge is 0.259 e. The van der Waals surface area contributed by atoms with Crippen LogP contribution in [0.3, 0.4) is 0 Å². The number of ether oxygens (including phenoxy) is 2. The van der Waals surface area contributed by atoms with Crippen LogP contribution in [0, 0.1) is 0 Å². The molecule has 3 heterocycles. The number of fused-ring (bicyclic) bond motifs is 1. The molecule has 41 heavy (non-hydrogen) atoms. The Bertz CT molecular complexity index is 1580. The first-order chi connectivity index (χ1) is 19.8. The second-order valence-electron chi connectivity index (χ2n) is 9.49. The number of nitrogens with zero attached hydrogens (tertiary/aromatic N) is 5. The third kappa shape index (κ3) is 5.90. The molecule has 1 fully saturated rings. The lowest BCUT2D eigenvalue weighted by molar-refractivity contribution is -0.130. The van der Waals surface area contributed by atoms with Crippen LogP contribution < -0.4 is 14.8 Å². The minimum atomic E-state index is -0.386. The average Bonchev–Trinajstić information content (AvgIpc) is 2.98. The summed E-state index contributed by atoms with van der Waals surface area (Å²) in [7, 11) is 3.00. The van der Waals surface area contributed by atoms with Crippen LogP contribution in [0.1, 0.15) is 22.8 Å². The zero-order valence-electron chi connectivity index (χ0n) is 22.8. The molecule has 212 valence electrons. The Labute approximate surface area is 247 Å². The van der Waals surface area contributed by atoms with E-state index < -0.39 is 0 Å². The number of hydrogen-bond acceptors (Lipinski definition) is 8. The predicted octanol–water partition coefficient (Wildman–Crippen LogP) is 4.93. The first kappa shape index (κ1) is 28.5. The number of amides is 2. The summed E-state index contributed by atoms with van der Waals surface area (Å²) in [6.07, 6.45) is 4.79. The van der Waals surface area contributed by atoms with Crippen molar-refractivity contribution in [2.24, 2.45) is 0 Å². The van der Waals surface area contributed by atoms with E-state index in [4.69, 9.17) is 32.7 Å². The summed E-state index contributed by atoms with van der Waals surface area (Å²) >= 11 is 13.3. The van der Waals surface area contributed by atoms with Gasteiger partial charge in [0, 0.05) is 75.4 Å². The highest BCUT2D eigenvalue weighted by Crippen LogP contribution is 2.47. The van der Waals surface area contributed by atoms with Crippen LogP contribution in [0.4, 0.5) is 5.82 Å². The monoisotopic (exact) mass is 594 g/mol. The molecule has 2 aromatic heterocycles. The molecule has 1 saturated heterocycles. The van der Waals surface area contributed by atoms with Crippen LogP contribution >= 0.6 is 23.2 Å². The third-order valence-electron chi connectivity index (χ3n) is 7.00. The van der Waals surface area contributed by atoms with Crippen molar-refractivity contribution < 1.29 is 19.1 Å². The summed E-state index contributed by atoms with van der Waals surface area (Å²) in [6.45, 7) is 5.36. The molecule has 2 aromatic carbocycles.